The number of hydrogen-bond donors (Lipinski definition) is 3. The fourth-order valence-electron chi connectivity index (χ4n) is 2.83. The number of aliphatic carboxylic acids is 1. The van der Waals surface area contributed by atoms with Crippen LogP contribution in [0.15, 0.2) is 41.6 Å². The van der Waals surface area contributed by atoms with Crippen molar-refractivity contribution in [2.24, 2.45) is 5.73 Å². The molecule has 1 radical (unpaired) electrons. The summed E-state index contributed by atoms with van der Waals surface area (Å²) in [7, 11) is 0. The van der Waals surface area contributed by atoms with Crippen molar-refractivity contribution in [3.05, 3.63) is 47.2 Å². The Morgan fingerprint density at radius 2 is 2.00 bits per heavy atom. The Morgan fingerprint density at radius 1 is 1.36 bits per heavy atom. The van der Waals surface area contributed by atoms with Gasteiger partial charge < -0.3 is 16.2 Å². The molecule has 0 aliphatic carbocycles. The number of rotatable bonds is 4. The smallest absolute Gasteiger partial charge is 0.352 e. The summed E-state index contributed by atoms with van der Waals surface area (Å²) in [4.78, 5) is 37.2. The molecule has 2 amide bonds. The Morgan fingerprint density at radius 3 is 2.60 bits per heavy atom. The molecule has 3 rings (SSSR count). The number of carbonyl (C=O) groups excluding carboxylic acids is 2. The van der Waals surface area contributed by atoms with E-state index < -0.39 is 35.2 Å². The van der Waals surface area contributed by atoms with Gasteiger partial charge in [-0.2, -0.15) is 0 Å². The van der Waals surface area contributed by atoms with Gasteiger partial charge in [0.25, 0.3) is 5.91 Å². The van der Waals surface area contributed by atoms with E-state index in [1.807, 2.05) is 6.07 Å². The van der Waals surface area contributed by atoms with Crippen LogP contribution in [0.5, 0.6) is 0 Å². The van der Waals surface area contributed by atoms with E-state index in [4.69, 9.17) is 5.73 Å². The number of hydrogen-bond acceptors (Lipinski definition) is 5. The number of carboxylic acids is 1. The van der Waals surface area contributed by atoms with Gasteiger partial charge in [0.1, 0.15) is 23.2 Å². The molecular weight excluding hydrogens is 353 g/mol. The molecule has 2 aliphatic heterocycles. The summed E-state index contributed by atoms with van der Waals surface area (Å²) in [6.07, 6.45) is 0. The predicted molar refractivity (Wildman–Crippen MR) is 94.5 cm³/mol. The van der Waals surface area contributed by atoms with Crippen molar-refractivity contribution in [2.45, 2.75) is 24.4 Å². The molecule has 9 heteroatoms. The van der Waals surface area contributed by atoms with Crippen LogP contribution in [0.25, 0.3) is 0 Å². The first-order valence-corrected chi connectivity index (χ1v) is 8.45. The van der Waals surface area contributed by atoms with Crippen molar-refractivity contribution in [1.82, 2.24) is 10.2 Å². The quantitative estimate of drug-likeness (QED) is 0.511. The van der Waals surface area contributed by atoms with Crippen LogP contribution >= 0.6 is 11.8 Å². The zero-order chi connectivity index (χ0) is 17.4. The monoisotopic (exact) mass is 370 g/mol. The summed E-state index contributed by atoms with van der Waals surface area (Å²) in [5.74, 6) is -1.50. The first-order chi connectivity index (χ1) is 11.4. The minimum atomic E-state index is -1.13. The van der Waals surface area contributed by atoms with E-state index in [0.717, 1.165) is 0 Å². The van der Waals surface area contributed by atoms with E-state index in [2.05, 4.69) is 5.32 Å². The molecule has 7 nitrogen and oxygen atoms in total. The van der Waals surface area contributed by atoms with Gasteiger partial charge in [0, 0.05) is 35.3 Å². The normalized spacial score (nSPS) is 23.1. The fourth-order valence-corrected chi connectivity index (χ4v) is 4.12. The number of nitrogens with two attached hydrogens (primary N) is 1. The molecule has 127 valence electrons. The summed E-state index contributed by atoms with van der Waals surface area (Å²) in [6.45, 7) is 1.69. The molecule has 2 aliphatic rings. The summed E-state index contributed by atoms with van der Waals surface area (Å²) < 4.78 is 0. The van der Waals surface area contributed by atoms with E-state index in [1.165, 1.54) is 16.7 Å². The molecule has 1 fully saturated rings. The molecule has 0 aromatic heterocycles. The van der Waals surface area contributed by atoms with E-state index in [1.54, 1.807) is 31.2 Å². The fraction of sp³-hybridized carbons (Fsp3) is 0.312. The maximum Gasteiger partial charge on any atom is 0.352 e. The molecule has 0 unspecified atom stereocenters. The predicted octanol–water partition coefficient (Wildman–Crippen LogP) is 0.0641. The average Bonchev–Trinajstić information content (AvgIpc) is 2.59. The topological polar surface area (TPSA) is 113 Å². The van der Waals surface area contributed by atoms with E-state index >= 15 is 0 Å². The molecule has 0 saturated carbocycles. The van der Waals surface area contributed by atoms with Gasteiger partial charge in [-0.25, -0.2) is 4.79 Å². The number of nitrogens with zero attached hydrogens (tertiary/aromatic N) is 1. The van der Waals surface area contributed by atoms with Gasteiger partial charge in [0.05, 0.1) is 0 Å². The van der Waals surface area contributed by atoms with E-state index in [9.17, 15) is 19.5 Å². The zero-order valence-electron chi connectivity index (χ0n) is 13.9. The minimum Gasteiger partial charge on any atom is -0.477 e. The molecule has 1 aromatic rings. The molecule has 1 saturated heterocycles. The van der Waals surface area contributed by atoms with E-state index in [-0.39, 0.29) is 35.3 Å². The van der Waals surface area contributed by atoms with Crippen molar-refractivity contribution in [2.75, 3.05) is 5.75 Å². The Bertz CT molecular complexity index is 740. The number of nitrogens with one attached hydrogen (secondary N) is 1. The van der Waals surface area contributed by atoms with Gasteiger partial charge in [0.2, 0.25) is 5.91 Å². The first-order valence-electron chi connectivity index (χ1n) is 7.40. The molecular formula is C16H17N3NaO4S. The van der Waals surface area contributed by atoms with Crippen LogP contribution in [0, 0.1) is 0 Å². The Balaban J connectivity index is 0.00000225. The van der Waals surface area contributed by atoms with Crippen LogP contribution < -0.4 is 11.1 Å². The SMILES string of the molecule is CC1=C(C(=O)O)N2C(=O)[C@@H](NC(=O)[C@H](N)c3ccccc3)[C@H]2SC1.[Na]. The largest absolute Gasteiger partial charge is 0.477 e. The summed E-state index contributed by atoms with van der Waals surface area (Å²) >= 11 is 1.43. The van der Waals surface area contributed by atoms with Crippen LogP contribution in [-0.4, -0.2) is 74.5 Å². The zero-order valence-corrected chi connectivity index (χ0v) is 16.7. The van der Waals surface area contributed by atoms with Crippen LogP contribution in [0.1, 0.15) is 18.5 Å². The molecule has 0 bridgehead atoms. The summed E-state index contributed by atoms with van der Waals surface area (Å²) in [5.41, 5.74) is 7.24. The minimum absolute atomic E-state index is 0. The van der Waals surface area contributed by atoms with Crippen molar-refractivity contribution in [3.8, 4) is 0 Å². The Kier molecular flexibility index (Phi) is 6.34. The number of carboxylic acid groups (broad SMARTS) is 1. The molecule has 2 heterocycles. The van der Waals surface area contributed by atoms with Gasteiger partial charge in [-0.3, -0.25) is 14.5 Å². The summed E-state index contributed by atoms with van der Waals surface area (Å²) in [6, 6.07) is 7.23. The van der Waals surface area contributed by atoms with E-state index in [0.29, 0.717) is 16.9 Å². The van der Waals surface area contributed by atoms with Crippen molar-refractivity contribution < 1.29 is 19.5 Å². The average molecular weight is 370 g/mol. The second kappa shape index (κ2) is 7.92. The van der Waals surface area contributed by atoms with Gasteiger partial charge in [-0.15, -0.1) is 11.8 Å². The van der Waals surface area contributed by atoms with Crippen molar-refractivity contribution >= 4 is 59.1 Å². The van der Waals surface area contributed by atoms with Gasteiger partial charge in [-0.05, 0) is 18.1 Å². The second-order valence-corrected chi connectivity index (χ2v) is 6.82. The second-order valence-electron chi connectivity index (χ2n) is 5.72. The maximum atomic E-state index is 12.3. The number of amides is 2. The molecule has 25 heavy (non-hydrogen) atoms. The molecule has 4 N–H and O–H groups in total. The van der Waals surface area contributed by atoms with Crippen molar-refractivity contribution in [1.29, 1.82) is 0 Å². The number of carbonyl (C=O) groups is 3. The first kappa shape index (κ1) is 20.0. The number of β-lactam (4-membered cyclic amide) rings is 1. The van der Waals surface area contributed by atoms with Gasteiger partial charge in [-0.1, -0.05) is 30.3 Å². The third-order valence-electron chi connectivity index (χ3n) is 4.10. The summed E-state index contributed by atoms with van der Waals surface area (Å²) in [5, 5.41) is 11.5. The third kappa shape index (κ3) is 3.63. The van der Waals surface area contributed by atoms with Crippen molar-refractivity contribution in [3.63, 3.8) is 0 Å². The molecule has 0 spiro atoms. The molecule has 3 atom stereocenters. The van der Waals surface area contributed by atoms with Gasteiger partial charge >= 0.3 is 5.97 Å². The van der Waals surface area contributed by atoms with Crippen LogP contribution in [-0.2, 0) is 14.4 Å². The standard InChI is InChI=1S/C16H17N3O4S.Na/c1-8-7-24-15-11(14(21)19(15)12(8)16(22)23)18-13(20)10(17)9-5-3-2-4-6-9;/h2-6,10-11,15H,7,17H2,1H3,(H,18,20)(H,22,23);/t10-,11-,15-;/m1./s1. The number of benzene rings is 1. The number of thioether (sulfide) groups is 1. The number of fused-ring (bicyclic) bond motifs is 1. The van der Waals surface area contributed by atoms with Gasteiger partial charge in [0.15, 0.2) is 0 Å². The third-order valence-corrected chi connectivity index (χ3v) is 5.52. The Labute approximate surface area is 171 Å². The Hall–Kier alpha value is -1.32. The van der Waals surface area contributed by atoms with Crippen LogP contribution in [0.2, 0.25) is 0 Å². The van der Waals surface area contributed by atoms with Crippen LogP contribution in [0.3, 0.4) is 0 Å². The molecule has 1 aromatic carbocycles. The van der Waals surface area contributed by atoms with Crippen LogP contribution in [0.4, 0.5) is 0 Å². The maximum absolute atomic E-state index is 12.3.